The number of carbonyl (C=O) groups is 2. The fourth-order valence-corrected chi connectivity index (χ4v) is 6.36. The predicted octanol–water partition coefficient (Wildman–Crippen LogP) is 4.11. The molecule has 1 aliphatic rings. The lowest BCUT2D eigenvalue weighted by Gasteiger charge is -2.40. The summed E-state index contributed by atoms with van der Waals surface area (Å²) in [5.74, 6) is 0.194. The van der Waals surface area contributed by atoms with Gasteiger partial charge in [-0.3, -0.25) is 9.59 Å². The summed E-state index contributed by atoms with van der Waals surface area (Å²) in [4.78, 5) is 29.2. The second-order valence-corrected chi connectivity index (χ2v) is 12.4. The molecule has 0 aliphatic heterocycles. The van der Waals surface area contributed by atoms with E-state index in [9.17, 15) is 24.9 Å². The largest absolute Gasteiger partial charge is 0.493 e. The van der Waals surface area contributed by atoms with E-state index in [0.717, 1.165) is 11.1 Å². The first-order valence-corrected chi connectivity index (χ1v) is 16.1. The van der Waals surface area contributed by atoms with Crippen LogP contribution in [-0.2, 0) is 17.9 Å². The number of aliphatic hydroxyl groups excluding tert-OH is 3. The Morgan fingerprint density at radius 1 is 1.02 bits per heavy atom. The molecule has 1 aliphatic carbocycles. The zero-order valence-electron chi connectivity index (χ0n) is 26.2. The van der Waals surface area contributed by atoms with Crippen molar-refractivity contribution in [3.8, 4) is 17.2 Å². The topological polar surface area (TPSA) is 151 Å². The highest BCUT2D eigenvalue weighted by Crippen LogP contribution is 2.38. The molecule has 4 N–H and O–H groups in total. The number of nitrogens with one attached hydrogen (secondary N) is 1. The first-order chi connectivity index (χ1) is 22.7. The Bertz CT molecular complexity index is 1770. The van der Waals surface area contributed by atoms with Crippen molar-refractivity contribution in [3.63, 3.8) is 0 Å². The molecular formula is C35H37IN2O9. The van der Waals surface area contributed by atoms with Crippen LogP contribution in [0.3, 0.4) is 0 Å². The van der Waals surface area contributed by atoms with Gasteiger partial charge in [-0.15, -0.1) is 0 Å². The van der Waals surface area contributed by atoms with Gasteiger partial charge in [0.05, 0.1) is 37.0 Å². The lowest BCUT2D eigenvalue weighted by Crippen LogP contribution is -2.54. The number of nitrogens with zero attached hydrogens (tertiary/aromatic N) is 1. The molecule has 5 rings (SSSR count). The second kappa shape index (κ2) is 15.2. The third-order valence-corrected chi connectivity index (χ3v) is 8.81. The molecule has 1 aromatic heterocycles. The van der Waals surface area contributed by atoms with Crippen molar-refractivity contribution in [1.82, 2.24) is 10.2 Å². The lowest BCUT2D eigenvalue weighted by molar-refractivity contribution is -0.118. The van der Waals surface area contributed by atoms with Crippen molar-refractivity contribution in [2.75, 3.05) is 27.4 Å². The van der Waals surface area contributed by atoms with Crippen molar-refractivity contribution in [2.45, 2.75) is 44.7 Å². The molecule has 3 unspecified atom stereocenters. The number of halogens is 1. The van der Waals surface area contributed by atoms with Crippen LogP contribution in [0.2, 0.25) is 0 Å². The summed E-state index contributed by atoms with van der Waals surface area (Å²) in [7, 11) is 2.98. The summed E-state index contributed by atoms with van der Waals surface area (Å²) in [5.41, 5.74) is 3.14. The molecule has 2 amide bonds. The SMILES string of the molecule is COc1cc(CO)cc(I)c1OC1C=C(C(=O)NCCO)CC(N(Cc2ccc(C)cc2)C(=O)c2cc3cccc(OC)c3o2)C1O. The van der Waals surface area contributed by atoms with Crippen LogP contribution >= 0.6 is 22.6 Å². The minimum absolute atomic E-state index is 0.00286. The van der Waals surface area contributed by atoms with E-state index in [1.54, 1.807) is 30.3 Å². The molecule has 47 heavy (non-hydrogen) atoms. The van der Waals surface area contributed by atoms with Gasteiger partial charge in [-0.1, -0.05) is 42.0 Å². The Hall–Kier alpha value is -4.11. The molecule has 12 heteroatoms. The van der Waals surface area contributed by atoms with Crippen LogP contribution in [-0.4, -0.2) is 77.7 Å². The number of hydrogen-bond acceptors (Lipinski definition) is 9. The van der Waals surface area contributed by atoms with Crippen LogP contribution in [0.5, 0.6) is 17.2 Å². The summed E-state index contributed by atoms with van der Waals surface area (Å²) in [6.45, 7) is 1.62. The van der Waals surface area contributed by atoms with E-state index in [2.05, 4.69) is 27.9 Å². The van der Waals surface area contributed by atoms with Gasteiger partial charge in [-0.05, 0) is 71.0 Å². The van der Waals surface area contributed by atoms with Crippen molar-refractivity contribution in [3.05, 3.63) is 98.3 Å². The quantitative estimate of drug-likeness (QED) is 0.157. The second-order valence-electron chi connectivity index (χ2n) is 11.2. The van der Waals surface area contributed by atoms with Gasteiger partial charge in [0.25, 0.3) is 5.91 Å². The van der Waals surface area contributed by atoms with E-state index in [0.29, 0.717) is 37.4 Å². The van der Waals surface area contributed by atoms with Gasteiger partial charge in [-0.25, -0.2) is 0 Å². The third kappa shape index (κ3) is 7.56. The van der Waals surface area contributed by atoms with E-state index < -0.39 is 30.1 Å². The number of benzene rings is 3. The fraction of sp³-hybridized carbons (Fsp3) is 0.314. The monoisotopic (exact) mass is 756 g/mol. The molecular weight excluding hydrogens is 719 g/mol. The normalized spacial score (nSPS) is 17.6. The molecule has 0 radical (unpaired) electrons. The van der Waals surface area contributed by atoms with Gasteiger partial charge in [0, 0.05) is 30.5 Å². The summed E-state index contributed by atoms with van der Waals surface area (Å²) in [6, 6.07) is 17.1. The maximum Gasteiger partial charge on any atom is 0.290 e. The molecule has 3 atom stereocenters. The Kier molecular flexibility index (Phi) is 11.1. The molecule has 4 aromatic rings. The number of amides is 2. The van der Waals surface area contributed by atoms with Crippen molar-refractivity contribution < 1.29 is 43.5 Å². The number of hydrogen-bond donors (Lipinski definition) is 4. The zero-order chi connectivity index (χ0) is 33.7. The number of furan rings is 1. The van der Waals surface area contributed by atoms with Gasteiger partial charge in [-0.2, -0.15) is 0 Å². The molecule has 3 aromatic carbocycles. The van der Waals surface area contributed by atoms with Crippen LogP contribution in [0, 0.1) is 10.5 Å². The average molecular weight is 757 g/mol. The average Bonchev–Trinajstić information content (AvgIpc) is 3.53. The number of rotatable bonds is 12. The van der Waals surface area contributed by atoms with Crippen molar-refractivity contribution >= 4 is 45.4 Å². The number of ether oxygens (including phenoxy) is 3. The number of methoxy groups -OCH3 is 2. The standard InChI is InChI=1S/C35H37IN2O9/c1-20-7-9-21(10-8-20)18-38(35(43)30-16-23-5-4-6-27(44-2)32(23)47-30)26-15-24(34(42)37-11-12-39)17-28(31(26)41)46-33-25(36)13-22(19-40)14-29(33)45-3/h4-10,13-14,16-17,26,28,31,39-41H,11-12,15,18-19H2,1-3H3,(H,37,42). The van der Waals surface area contributed by atoms with E-state index in [-0.39, 0.29) is 44.1 Å². The summed E-state index contributed by atoms with van der Waals surface area (Å²) >= 11 is 2.05. The Balaban J connectivity index is 1.58. The number of carbonyl (C=O) groups excluding carboxylic acids is 2. The molecule has 1 heterocycles. The predicted molar refractivity (Wildman–Crippen MR) is 182 cm³/mol. The molecule has 0 bridgehead atoms. The Labute approximate surface area is 285 Å². The maximum atomic E-state index is 14.4. The van der Waals surface area contributed by atoms with Crippen LogP contribution in [0.25, 0.3) is 11.0 Å². The van der Waals surface area contributed by atoms with Gasteiger partial charge >= 0.3 is 0 Å². The van der Waals surface area contributed by atoms with Crippen LogP contribution in [0.15, 0.2) is 76.7 Å². The van der Waals surface area contributed by atoms with E-state index in [1.807, 2.05) is 37.3 Å². The number of aryl methyl sites for hydroxylation is 1. The molecule has 0 saturated heterocycles. The molecule has 248 valence electrons. The molecule has 0 spiro atoms. The minimum Gasteiger partial charge on any atom is -0.493 e. The fourth-order valence-electron chi connectivity index (χ4n) is 5.57. The van der Waals surface area contributed by atoms with E-state index in [4.69, 9.17) is 18.6 Å². The lowest BCUT2D eigenvalue weighted by atomic mass is 9.87. The van der Waals surface area contributed by atoms with E-state index >= 15 is 0 Å². The summed E-state index contributed by atoms with van der Waals surface area (Å²) < 4.78 is 24.0. The Morgan fingerprint density at radius 2 is 1.77 bits per heavy atom. The smallest absolute Gasteiger partial charge is 0.290 e. The molecule has 0 fully saturated rings. The first-order valence-electron chi connectivity index (χ1n) is 15.0. The summed E-state index contributed by atoms with van der Waals surface area (Å²) in [6.07, 6.45) is -0.855. The first kappa shape index (κ1) is 34.2. The third-order valence-electron chi connectivity index (χ3n) is 8.01. The van der Waals surface area contributed by atoms with Crippen LogP contribution < -0.4 is 19.5 Å². The highest BCUT2D eigenvalue weighted by molar-refractivity contribution is 14.1. The van der Waals surface area contributed by atoms with E-state index in [1.165, 1.54) is 25.2 Å². The maximum absolute atomic E-state index is 14.4. The van der Waals surface area contributed by atoms with Gasteiger partial charge in [0.1, 0.15) is 12.2 Å². The van der Waals surface area contributed by atoms with Crippen molar-refractivity contribution in [2.24, 2.45) is 0 Å². The molecule has 11 nitrogen and oxygen atoms in total. The number of aliphatic hydroxyl groups is 3. The number of para-hydroxylation sites is 1. The van der Waals surface area contributed by atoms with Crippen LogP contribution in [0.1, 0.15) is 33.7 Å². The zero-order valence-corrected chi connectivity index (χ0v) is 28.4. The summed E-state index contributed by atoms with van der Waals surface area (Å²) in [5, 5.41) is 34.3. The van der Waals surface area contributed by atoms with Gasteiger partial charge < -0.3 is 44.2 Å². The number of fused-ring (bicyclic) bond motifs is 1. The van der Waals surface area contributed by atoms with Crippen molar-refractivity contribution in [1.29, 1.82) is 0 Å². The highest BCUT2D eigenvalue weighted by atomic mass is 127. The minimum atomic E-state index is -1.30. The van der Waals surface area contributed by atoms with Crippen LogP contribution in [0.4, 0.5) is 0 Å². The Morgan fingerprint density at radius 3 is 2.45 bits per heavy atom. The molecule has 0 saturated carbocycles. The highest BCUT2D eigenvalue weighted by Gasteiger charge is 2.42. The van der Waals surface area contributed by atoms with Gasteiger partial charge in [0.2, 0.25) is 5.91 Å². The van der Waals surface area contributed by atoms with Gasteiger partial charge in [0.15, 0.2) is 28.6 Å².